The first-order valence-corrected chi connectivity index (χ1v) is 4.87. The number of aliphatic carboxylic acids is 2. The van der Waals surface area contributed by atoms with Crippen LogP contribution in [0.5, 0.6) is 0 Å². The van der Waals surface area contributed by atoms with Crippen LogP contribution in [0.25, 0.3) is 0 Å². The second-order valence-corrected chi connectivity index (χ2v) is 3.15. The molecule has 1 aromatic heterocycles. The summed E-state index contributed by atoms with van der Waals surface area (Å²) in [6, 6.07) is -1.06. The SMILES string of the molecule is N[C@@H](CCC(=O)O)C(=O)O.c1nncs1. The molecule has 4 N–H and O–H groups in total. The molecule has 0 aromatic carbocycles. The van der Waals surface area contributed by atoms with Crippen LogP contribution in [0.3, 0.4) is 0 Å². The molecule has 84 valence electrons. The van der Waals surface area contributed by atoms with Crippen LogP contribution in [0.2, 0.25) is 0 Å². The van der Waals surface area contributed by atoms with Gasteiger partial charge in [0.25, 0.3) is 0 Å². The van der Waals surface area contributed by atoms with Crippen molar-refractivity contribution in [3.8, 4) is 0 Å². The third-order valence-corrected chi connectivity index (χ3v) is 1.70. The molecule has 0 fully saturated rings. The van der Waals surface area contributed by atoms with Crippen molar-refractivity contribution < 1.29 is 19.8 Å². The molecule has 0 aliphatic carbocycles. The van der Waals surface area contributed by atoms with Gasteiger partial charge < -0.3 is 15.9 Å². The Labute approximate surface area is 89.6 Å². The highest BCUT2D eigenvalue weighted by Gasteiger charge is 2.12. The van der Waals surface area contributed by atoms with Gasteiger partial charge in [-0.3, -0.25) is 9.59 Å². The van der Waals surface area contributed by atoms with Crippen LogP contribution < -0.4 is 5.73 Å². The van der Waals surface area contributed by atoms with Gasteiger partial charge in [0.1, 0.15) is 17.1 Å². The van der Waals surface area contributed by atoms with Crippen molar-refractivity contribution in [3.05, 3.63) is 11.0 Å². The molecule has 1 heterocycles. The molecule has 0 amide bonds. The normalized spacial score (nSPS) is 11.0. The third-order valence-electron chi connectivity index (χ3n) is 1.27. The highest BCUT2D eigenvalue weighted by Crippen LogP contribution is 1.93. The van der Waals surface area contributed by atoms with Crippen LogP contribution >= 0.6 is 11.3 Å². The van der Waals surface area contributed by atoms with Gasteiger partial charge in [-0.1, -0.05) is 0 Å². The molecule has 15 heavy (non-hydrogen) atoms. The van der Waals surface area contributed by atoms with E-state index in [-0.39, 0.29) is 12.8 Å². The number of nitrogens with two attached hydrogens (primary N) is 1. The van der Waals surface area contributed by atoms with Crippen LogP contribution in [0.1, 0.15) is 12.8 Å². The molecule has 1 aromatic rings. The summed E-state index contributed by atoms with van der Waals surface area (Å²) >= 11 is 1.49. The first-order chi connectivity index (χ1) is 7.04. The van der Waals surface area contributed by atoms with Crippen LogP contribution in [0.4, 0.5) is 0 Å². The minimum atomic E-state index is -1.17. The summed E-state index contributed by atoms with van der Waals surface area (Å²) in [5.41, 5.74) is 8.36. The van der Waals surface area contributed by atoms with Crippen molar-refractivity contribution in [1.29, 1.82) is 0 Å². The summed E-state index contributed by atoms with van der Waals surface area (Å²) in [5, 5.41) is 23.3. The minimum Gasteiger partial charge on any atom is -0.481 e. The van der Waals surface area contributed by atoms with Crippen LogP contribution in [0, 0.1) is 0 Å². The second-order valence-electron chi connectivity index (χ2n) is 2.45. The first-order valence-electron chi connectivity index (χ1n) is 3.93. The van der Waals surface area contributed by atoms with E-state index in [9.17, 15) is 9.59 Å². The molecular weight excluding hydrogens is 222 g/mol. The smallest absolute Gasteiger partial charge is 0.320 e. The van der Waals surface area contributed by atoms with Crippen LogP contribution in [-0.4, -0.2) is 38.4 Å². The maximum Gasteiger partial charge on any atom is 0.320 e. The molecule has 0 unspecified atom stereocenters. The van der Waals surface area contributed by atoms with E-state index in [0.29, 0.717) is 0 Å². The highest BCUT2D eigenvalue weighted by atomic mass is 32.1. The Morgan fingerprint density at radius 2 is 1.87 bits per heavy atom. The molecule has 0 radical (unpaired) electrons. The number of aromatic nitrogens is 2. The molecule has 8 heteroatoms. The number of carboxylic acids is 2. The van der Waals surface area contributed by atoms with Crippen LogP contribution in [-0.2, 0) is 9.59 Å². The molecule has 0 spiro atoms. The van der Waals surface area contributed by atoms with Gasteiger partial charge in [0.05, 0.1) is 0 Å². The maximum absolute atomic E-state index is 9.99. The zero-order valence-electron chi connectivity index (χ0n) is 7.74. The Morgan fingerprint density at radius 1 is 1.33 bits per heavy atom. The van der Waals surface area contributed by atoms with E-state index in [2.05, 4.69) is 10.2 Å². The summed E-state index contributed by atoms with van der Waals surface area (Å²) in [4.78, 5) is 19.9. The average molecular weight is 233 g/mol. The second kappa shape index (κ2) is 7.83. The fourth-order valence-corrected chi connectivity index (χ4v) is 0.811. The van der Waals surface area contributed by atoms with E-state index >= 15 is 0 Å². The first kappa shape index (κ1) is 13.5. The molecule has 0 saturated heterocycles. The van der Waals surface area contributed by atoms with Crippen molar-refractivity contribution in [3.63, 3.8) is 0 Å². The Hall–Kier alpha value is -1.54. The van der Waals surface area contributed by atoms with Crippen molar-refractivity contribution in [2.75, 3.05) is 0 Å². The Balaban J connectivity index is 0.000000322. The zero-order chi connectivity index (χ0) is 11.7. The van der Waals surface area contributed by atoms with Crippen molar-refractivity contribution in [2.45, 2.75) is 18.9 Å². The van der Waals surface area contributed by atoms with Gasteiger partial charge in [-0.05, 0) is 6.42 Å². The zero-order valence-corrected chi connectivity index (χ0v) is 8.55. The van der Waals surface area contributed by atoms with Gasteiger partial charge in [-0.2, -0.15) is 0 Å². The summed E-state index contributed by atoms with van der Waals surface area (Å²) < 4.78 is 0. The largest absolute Gasteiger partial charge is 0.481 e. The predicted molar refractivity (Wildman–Crippen MR) is 52.4 cm³/mol. The Kier molecular flexibility index (Phi) is 7.02. The van der Waals surface area contributed by atoms with Gasteiger partial charge in [0.2, 0.25) is 0 Å². The number of carbonyl (C=O) groups is 2. The van der Waals surface area contributed by atoms with Gasteiger partial charge in [-0.15, -0.1) is 21.5 Å². The topological polar surface area (TPSA) is 126 Å². The number of hydrogen-bond acceptors (Lipinski definition) is 6. The summed E-state index contributed by atoms with van der Waals surface area (Å²) in [6.45, 7) is 0. The fraction of sp³-hybridized carbons (Fsp3) is 0.429. The fourth-order valence-electron chi connectivity index (χ4n) is 0.539. The lowest BCUT2D eigenvalue weighted by molar-refractivity contribution is -0.139. The van der Waals surface area contributed by atoms with Gasteiger partial charge in [0, 0.05) is 6.42 Å². The van der Waals surface area contributed by atoms with E-state index < -0.39 is 18.0 Å². The Morgan fingerprint density at radius 3 is 2.13 bits per heavy atom. The monoisotopic (exact) mass is 233 g/mol. The molecule has 7 nitrogen and oxygen atoms in total. The number of rotatable bonds is 4. The van der Waals surface area contributed by atoms with E-state index in [1.165, 1.54) is 11.3 Å². The average Bonchev–Trinajstić information content (AvgIpc) is 2.71. The standard InChI is InChI=1S/C5H9NO4.C2H2N2S/c6-3(5(9)10)1-2-4(7)8;1-3-4-2-5-1/h3H,1-2,6H2,(H,7,8)(H,9,10);1-2H/t3-;/m0./s1. The molecule has 0 aliphatic rings. The van der Waals surface area contributed by atoms with Gasteiger partial charge in [0.15, 0.2) is 0 Å². The maximum atomic E-state index is 9.99. The number of carboxylic acid groups (broad SMARTS) is 2. The lowest BCUT2D eigenvalue weighted by Crippen LogP contribution is -2.30. The molecule has 0 aliphatic heterocycles. The van der Waals surface area contributed by atoms with E-state index in [0.717, 1.165) is 0 Å². The summed E-state index contributed by atoms with van der Waals surface area (Å²) in [5.74, 6) is -2.20. The van der Waals surface area contributed by atoms with E-state index in [1.807, 2.05) is 0 Å². The molecule has 1 rings (SSSR count). The Bertz CT molecular complexity index is 273. The predicted octanol–water partition coefficient (Wildman–Crippen LogP) is -0.199. The highest BCUT2D eigenvalue weighted by molar-refractivity contribution is 7.07. The third kappa shape index (κ3) is 8.78. The van der Waals surface area contributed by atoms with Crippen molar-refractivity contribution in [1.82, 2.24) is 10.2 Å². The van der Waals surface area contributed by atoms with E-state index in [4.69, 9.17) is 15.9 Å². The number of hydrogen-bond donors (Lipinski definition) is 3. The quantitative estimate of drug-likeness (QED) is 0.657. The molecular formula is C7H11N3O4S. The van der Waals surface area contributed by atoms with Crippen LogP contribution in [0.15, 0.2) is 11.0 Å². The molecule has 1 atom stereocenters. The van der Waals surface area contributed by atoms with E-state index in [1.54, 1.807) is 11.0 Å². The van der Waals surface area contributed by atoms with Gasteiger partial charge >= 0.3 is 11.9 Å². The van der Waals surface area contributed by atoms with Crippen molar-refractivity contribution in [2.24, 2.45) is 5.73 Å². The summed E-state index contributed by atoms with van der Waals surface area (Å²) in [6.07, 6.45) is -0.224. The molecule has 0 bridgehead atoms. The molecule has 0 saturated carbocycles. The minimum absolute atomic E-state index is 0.0231. The van der Waals surface area contributed by atoms with Crippen molar-refractivity contribution >= 4 is 23.3 Å². The number of nitrogens with zero attached hydrogens (tertiary/aromatic N) is 2. The summed E-state index contributed by atoms with van der Waals surface area (Å²) in [7, 11) is 0. The van der Waals surface area contributed by atoms with Gasteiger partial charge in [-0.25, -0.2) is 0 Å². The lowest BCUT2D eigenvalue weighted by Gasteiger charge is -2.01. The lowest BCUT2D eigenvalue weighted by atomic mass is 10.2.